The monoisotopic (exact) mass is 429 g/mol. The van der Waals surface area contributed by atoms with E-state index in [1.807, 2.05) is 0 Å². The van der Waals surface area contributed by atoms with Crippen LogP contribution in [-0.4, -0.2) is 25.8 Å². The SMILES string of the molecule is C[C@@H](CCO)n1c(=O)n(-c2cncc3ccccc23)c(=O)c2cc(C(F)(F)F)ccc21. The standard InChI is InChI=1S/C22H18F3N3O3/c1-13(8-9-29)27-18-7-6-15(22(23,24)25)10-17(18)20(30)28(21(27)31)19-12-26-11-14-4-2-3-5-16(14)19/h2-7,10-13,29H,8-9H2,1H3/t13-/m0/s1. The fraction of sp³-hybridized carbons (Fsp3) is 0.227. The van der Waals surface area contributed by atoms with Gasteiger partial charge in [-0.3, -0.25) is 14.3 Å². The van der Waals surface area contributed by atoms with Crippen molar-refractivity contribution in [3.63, 3.8) is 0 Å². The minimum Gasteiger partial charge on any atom is -0.396 e. The Labute approximate surface area is 173 Å². The van der Waals surface area contributed by atoms with Crippen LogP contribution in [0.3, 0.4) is 0 Å². The summed E-state index contributed by atoms with van der Waals surface area (Å²) >= 11 is 0. The third kappa shape index (κ3) is 3.50. The van der Waals surface area contributed by atoms with Crippen LogP contribution in [0.15, 0.2) is 64.4 Å². The quantitative estimate of drug-likeness (QED) is 0.537. The number of pyridine rings is 1. The molecule has 31 heavy (non-hydrogen) atoms. The van der Waals surface area contributed by atoms with Gasteiger partial charge in [0.25, 0.3) is 5.56 Å². The van der Waals surface area contributed by atoms with Gasteiger partial charge in [0.2, 0.25) is 0 Å². The summed E-state index contributed by atoms with van der Waals surface area (Å²) in [6.45, 7) is 1.43. The molecule has 0 bridgehead atoms. The number of hydrogen-bond donors (Lipinski definition) is 1. The van der Waals surface area contributed by atoms with Gasteiger partial charge in [-0.2, -0.15) is 13.2 Å². The lowest BCUT2D eigenvalue weighted by atomic mass is 10.1. The molecule has 2 heterocycles. The minimum absolute atomic E-state index is 0.0772. The Morgan fingerprint density at radius 3 is 2.52 bits per heavy atom. The number of rotatable bonds is 4. The van der Waals surface area contributed by atoms with Crippen molar-refractivity contribution in [1.82, 2.24) is 14.1 Å². The molecule has 0 unspecified atom stereocenters. The first kappa shape index (κ1) is 20.8. The van der Waals surface area contributed by atoms with Crippen molar-refractivity contribution in [2.24, 2.45) is 0 Å². The molecule has 4 aromatic rings. The van der Waals surface area contributed by atoms with E-state index in [4.69, 9.17) is 0 Å². The molecule has 6 nitrogen and oxygen atoms in total. The predicted molar refractivity (Wildman–Crippen MR) is 111 cm³/mol. The lowest BCUT2D eigenvalue weighted by molar-refractivity contribution is -0.137. The van der Waals surface area contributed by atoms with Gasteiger partial charge >= 0.3 is 11.9 Å². The number of alkyl halides is 3. The number of fused-ring (bicyclic) bond motifs is 2. The van der Waals surface area contributed by atoms with Crippen molar-refractivity contribution >= 4 is 21.7 Å². The van der Waals surface area contributed by atoms with Crippen molar-refractivity contribution in [2.75, 3.05) is 6.61 Å². The average Bonchev–Trinajstić information content (AvgIpc) is 2.73. The maximum absolute atomic E-state index is 13.4. The number of aromatic nitrogens is 3. The second-order valence-corrected chi connectivity index (χ2v) is 7.26. The molecule has 0 aliphatic heterocycles. The Hall–Kier alpha value is -3.46. The highest BCUT2D eigenvalue weighted by molar-refractivity contribution is 5.89. The van der Waals surface area contributed by atoms with Crippen LogP contribution in [0.2, 0.25) is 0 Å². The number of hydrogen-bond acceptors (Lipinski definition) is 4. The smallest absolute Gasteiger partial charge is 0.396 e. The third-order valence-electron chi connectivity index (χ3n) is 5.29. The summed E-state index contributed by atoms with van der Waals surface area (Å²) in [5.74, 6) is 0. The summed E-state index contributed by atoms with van der Waals surface area (Å²) in [7, 11) is 0. The van der Waals surface area contributed by atoms with Gasteiger partial charge in [-0.25, -0.2) is 9.36 Å². The summed E-state index contributed by atoms with van der Waals surface area (Å²) in [5.41, 5.74) is -2.31. The number of benzene rings is 2. The zero-order valence-corrected chi connectivity index (χ0v) is 16.4. The molecule has 4 rings (SSSR count). The zero-order chi connectivity index (χ0) is 22.3. The molecule has 0 spiro atoms. The van der Waals surface area contributed by atoms with E-state index in [2.05, 4.69) is 4.98 Å². The Morgan fingerprint density at radius 1 is 1.06 bits per heavy atom. The summed E-state index contributed by atoms with van der Waals surface area (Å²) in [6, 6.07) is 9.12. The first-order chi connectivity index (χ1) is 14.7. The number of halogens is 3. The maximum Gasteiger partial charge on any atom is 0.416 e. The topological polar surface area (TPSA) is 77.1 Å². The molecular weight excluding hydrogens is 411 g/mol. The summed E-state index contributed by atoms with van der Waals surface area (Å²) in [5, 5.41) is 10.3. The molecule has 0 radical (unpaired) electrons. The van der Waals surface area contributed by atoms with Crippen LogP contribution in [0.1, 0.15) is 24.9 Å². The van der Waals surface area contributed by atoms with Crippen LogP contribution in [0, 0.1) is 0 Å². The molecule has 9 heteroatoms. The molecule has 0 saturated heterocycles. The van der Waals surface area contributed by atoms with E-state index in [1.165, 1.54) is 10.8 Å². The van der Waals surface area contributed by atoms with Gasteiger partial charge in [-0.15, -0.1) is 0 Å². The highest BCUT2D eigenvalue weighted by atomic mass is 19.4. The zero-order valence-electron chi connectivity index (χ0n) is 16.4. The normalized spacial score (nSPS) is 13.1. The Kier molecular flexibility index (Phi) is 5.14. The van der Waals surface area contributed by atoms with E-state index in [0.717, 1.165) is 22.8 Å². The molecule has 0 aliphatic rings. The number of nitrogens with zero attached hydrogens (tertiary/aromatic N) is 3. The Morgan fingerprint density at radius 2 is 1.81 bits per heavy atom. The number of aliphatic hydroxyl groups excluding tert-OH is 1. The van der Waals surface area contributed by atoms with Crippen LogP contribution in [0.4, 0.5) is 13.2 Å². The number of aliphatic hydroxyl groups is 1. The fourth-order valence-corrected chi connectivity index (χ4v) is 3.74. The van der Waals surface area contributed by atoms with Gasteiger partial charge < -0.3 is 5.11 Å². The van der Waals surface area contributed by atoms with Crippen molar-refractivity contribution in [1.29, 1.82) is 0 Å². The van der Waals surface area contributed by atoms with E-state index < -0.39 is 29.0 Å². The van der Waals surface area contributed by atoms with Crippen LogP contribution in [0.5, 0.6) is 0 Å². The molecule has 0 aliphatic carbocycles. The first-order valence-electron chi connectivity index (χ1n) is 9.56. The van der Waals surface area contributed by atoms with Crippen LogP contribution < -0.4 is 11.2 Å². The van der Waals surface area contributed by atoms with E-state index in [9.17, 15) is 27.9 Å². The summed E-state index contributed by atoms with van der Waals surface area (Å²) < 4.78 is 42.1. The van der Waals surface area contributed by atoms with Crippen molar-refractivity contribution in [2.45, 2.75) is 25.6 Å². The minimum atomic E-state index is -4.65. The first-order valence-corrected chi connectivity index (χ1v) is 9.56. The predicted octanol–water partition coefficient (Wildman–Crippen LogP) is 3.66. The van der Waals surface area contributed by atoms with Crippen LogP contribution in [0.25, 0.3) is 27.4 Å². The molecular formula is C22H18F3N3O3. The van der Waals surface area contributed by atoms with E-state index in [1.54, 1.807) is 37.4 Å². The molecule has 0 saturated carbocycles. The highest BCUT2D eigenvalue weighted by Crippen LogP contribution is 2.31. The van der Waals surface area contributed by atoms with Gasteiger partial charge in [0.05, 0.1) is 28.4 Å². The van der Waals surface area contributed by atoms with Crippen molar-refractivity contribution < 1.29 is 18.3 Å². The third-order valence-corrected chi connectivity index (χ3v) is 5.29. The van der Waals surface area contributed by atoms with E-state index in [0.29, 0.717) is 10.8 Å². The molecule has 160 valence electrons. The Balaban J connectivity index is 2.17. The van der Waals surface area contributed by atoms with Crippen molar-refractivity contribution in [3.8, 4) is 5.69 Å². The van der Waals surface area contributed by atoms with Gasteiger partial charge in [-0.1, -0.05) is 24.3 Å². The van der Waals surface area contributed by atoms with Gasteiger partial charge in [0.15, 0.2) is 0 Å². The summed E-state index contributed by atoms with van der Waals surface area (Å²) in [6.07, 6.45) is -1.56. The summed E-state index contributed by atoms with van der Waals surface area (Å²) in [4.78, 5) is 30.8. The average molecular weight is 429 g/mol. The van der Waals surface area contributed by atoms with Gasteiger partial charge in [0, 0.05) is 29.6 Å². The van der Waals surface area contributed by atoms with Gasteiger partial charge in [0.1, 0.15) is 0 Å². The Bertz CT molecular complexity index is 1400. The van der Waals surface area contributed by atoms with E-state index >= 15 is 0 Å². The maximum atomic E-state index is 13.4. The molecule has 2 aromatic heterocycles. The molecule has 1 N–H and O–H groups in total. The molecule has 0 fully saturated rings. The lowest BCUT2D eigenvalue weighted by Crippen LogP contribution is -2.40. The highest BCUT2D eigenvalue weighted by Gasteiger charge is 2.31. The molecule has 2 aromatic carbocycles. The van der Waals surface area contributed by atoms with Crippen LogP contribution in [-0.2, 0) is 6.18 Å². The molecule has 0 amide bonds. The van der Waals surface area contributed by atoms with Crippen molar-refractivity contribution in [3.05, 3.63) is 81.3 Å². The second-order valence-electron chi connectivity index (χ2n) is 7.26. The van der Waals surface area contributed by atoms with E-state index in [-0.39, 0.29) is 29.6 Å². The lowest BCUT2D eigenvalue weighted by Gasteiger charge is -2.20. The molecule has 1 atom stereocenters. The largest absolute Gasteiger partial charge is 0.416 e. The second kappa shape index (κ2) is 7.66. The van der Waals surface area contributed by atoms with Crippen LogP contribution >= 0.6 is 0 Å². The van der Waals surface area contributed by atoms with Gasteiger partial charge in [-0.05, 0) is 31.5 Å². The fourth-order valence-electron chi connectivity index (χ4n) is 3.74.